The molecular formula is C9H18O4. The lowest BCUT2D eigenvalue weighted by atomic mass is 10.5. The van der Waals surface area contributed by atoms with E-state index in [9.17, 15) is 4.79 Å². The summed E-state index contributed by atoms with van der Waals surface area (Å²) in [6.45, 7) is 6.87. The third-order valence-corrected chi connectivity index (χ3v) is 1.36. The summed E-state index contributed by atoms with van der Waals surface area (Å²) in [4.78, 5) is 10.9. The highest BCUT2D eigenvalue weighted by atomic mass is 16.7. The highest BCUT2D eigenvalue weighted by molar-refractivity contribution is 5.68. The Balaban J connectivity index is 3.71. The van der Waals surface area contributed by atoms with Crippen molar-refractivity contribution >= 4 is 5.97 Å². The number of hydrogen-bond acceptors (Lipinski definition) is 4. The van der Waals surface area contributed by atoms with Gasteiger partial charge in [0.25, 0.3) is 0 Å². The van der Waals surface area contributed by atoms with Crippen molar-refractivity contribution < 1.29 is 19.0 Å². The molecule has 1 atom stereocenters. The summed E-state index contributed by atoms with van der Waals surface area (Å²) in [5.41, 5.74) is 0. The molecule has 0 bridgehead atoms. The molecule has 0 aliphatic carbocycles. The van der Waals surface area contributed by atoms with Gasteiger partial charge in [0.2, 0.25) is 6.29 Å². The first-order valence-electron chi connectivity index (χ1n) is 4.63. The summed E-state index contributed by atoms with van der Waals surface area (Å²) >= 11 is 0. The van der Waals surface area contributed by atoms with Crippen LogP contribution in [0.1, 0.15) is 27.2 Å². The van der Waals surface area contributed by atoms with Crippen LogP contribution in [0.3, 0.4) is 0 Å². The van der Waals surface area contributed by atoms with Gasteiger partial charge in [0.1, 0.15) is 6.61 Å². The predicted molar refractivity (Wildman–Crippen MR) is 48.3 cm³/mol. The van der Waals surface area contributed by atoms with Crippen LogP contribution < -0.4 is 0 Å². The van der Waals surface area contributed by atoms with Crippen LogP contribution >= 0.6 is 0 Å². The Morgan fingerprint density at radius 2 is 1.92 bits per heavy atom. The van der Waals surface area contributed by atoms with E-state index in [1.807, 2.05) is 13.8 Å². The van der Waals surface area contributed by atoms with Gasteiger partial charge in [-0.2, -0.15) is 0 Å². The normalized spacial score (nSPS) is 12.5. The third kappa shape index (κ3) is 6.54. The smallest absolute Gasteiger partial charge is 0.307 e. The maximum absolute atomic E-state index is 10.9. The van der Waals surface area contributed by atoms with Crippen LogP contribution in [-0.2, 0) is 19.0 Å². The van der Waals surface area contributed by atoms with Gasteiger partial charge in [0, 0.05) is 19.6 Å². The summed E-state index contributed by atoms with van der Waals surface area (Å²) in [5.74, 6) is -0.266. The Kier molecular flexibility index (Phi) is 7.63. The zero-order valence-corrected chi connectivity index (χ0v) is 8.54. The van der Waals surface area contributed by atoms with Gasteiger partial charge < -0.3 is 14.2 Å². The van der Waals surface area contributed by atoms with Crippen LogP contribution in [0, 0.1) is 0 Å². The number of carbonyl (C=O) groups excluding carboxylic acids is 1. The summed E-state index contributed by atoms with van der Waals surface area (Å²) in [5, 5.41) is 0. The van der Waals surface area contributed by atoms with E-state index >= 15 is 0 Å². The molecule has 0 amide bonds. The first-order chi connectivity index (χ1) is 6.24. The molecule has 1 unspecified atom stereocenters. The Bertz CT molecular complexity index is 136. The first-order valence-corrected chi connectivity index (χ1v) is 4.63. The van der Waals surface area contributed by atoms with Crippen LogP contribution in [0.25, 0.3) is 0 Å². The molecule has 0 radical (unpaired) electrons. The Hall–Kier alpha value is -0.610. The van der Waals surface area contributed by atoms with Crippen LogP contribution in [0.4, 0.5) is 0 Å². The molecule has 0 aromatic heterocycles. The molecule has 0 spiro atoms. The average molecular weight is 190 g/mol. The van der Waals surface area contributed by atoms with E-state index in [0.717, 1.165) is 0 Å². The van der Waals surface area contributed by atoms with E-state index < -0.39 is 6.29 Å². The Morgan fingerprint density at radius 3 is 2.38 bits per heavy atom. The largest absolute Gasteiger partial charge is 0.433 e. The maximum Gasteiger partial charge on any atom is 0.307 e. The van der Waals surface area contributed by atoms with Crippen molar-refractivity contribution in [1.29, 1.82) is 0 Å². The number of rotatable bonds is 7. The molecule has 0 rings (SSSR count). The minimum atomic E-state index is -0.558. The van der Waals surface area contributed by atoms with Crippen molar-refractivity contribution in [1.82, 2.24) is 0 Å². The molecule has 0 aromatic carbocycles. The van der Waals surface area contributed by atoms with Crippen molar-refractivity contribution in [3.8, 4) is 0 Å². The summed E-state index contributed by atoms with van der Waals surface area (Å²) in [7, 11) is 0. The van der Waals surface area contributed by atoms with Crippen LogP contribution in [0.5, 0.6) is 0 Å². The van der Waals surface area contributed by atoms with Crippen molar-refractivity contribution in [3.05, 3.63) is 0 Å². The van der Waals surface area contributed by atoms with Gasteiger partial charge in [-0.25, -0.2) is 0 Å². The van der Waals surface area contributed by atoms with Gasteiger partial charge in [-0.3, -0.25) is 4.79 Å². The Labute approximate surface area is 79.2 Å². The third-order valence-electron chi connectivity index (χ3n) is 1.36. The van der Waals surface area contributed by atoms with Gasteiger partial charge in [-0.1, -0.05) is 6.92 Å². The second-order valence-corrected chi connectivity index (χ2v) is 2.39. The number of carbonyl (C=O) groups is 1. The fraction of sp³-hybridized carbons (Fsp3) is 0.889. The number of hydrogen-bond donors (Lipinski definition) is 0. The fourth-order valence-corrected chi connectivity index (χ4v) is 0.746. The van der Waals surface area contributed by atoms with Crippen LogP contribution in [-0.4, -0.2) is 32.1 Å². The van der Waals surface area contributed by atoms with E-state index in [0.29, 0.717) is 26.2 Å². The van der Waals surface area contributed by atoms with E-state index in [2.05, 4.69) is 0 Å². The molecule has 0 N–H and O–H groups in total. The first kappa shape index (κ1) is 12.4. The summed E-state index contributed by atoms with van der Waals surface area (Å²) in [6, 6.07) is 0. The minimum absolute atomic E-state index is 0.266. The Morgan fingerprint density at radius 1 is 1.23 bits per heavy atom. The van der Waals surface area contributed by atoms with Crippen molar-refractivity contribution in [2.75, 3.05) is 19.8 Å². The average Bonchev–Trinajstić information content (AvgIpc) is 2.14. The highest BCUT2D eigenvalue weighted by Crippen LogP contribution is 1.98. The zero-order valence-electron chi connectivity index (χ0n) is 8.54. The summed E-state index contributed by atoms with van der Waals surface area (Å²) in [6.07, 6.45) is -0.201. The van der Waals surface area contributed by atoms with Crippen molar-refractivity contribution in [3.63, 3.8) is 0 Å². The molecule has 0 saturated carbocycles. The standard InChI is InChI=1S/C9H18O4/c1-4-8(10)13-9(12-6-3)7-11-5-2/h9H,4-7H2,1-3H3. The molecule has 0 aromatic rings. The minimum Gasteiger partial charge on any atom is -0.433 e. The molecule has 13 heavy (non-hydrogen) atoms. The van der Waals surface area contributed by atoms with Gasteiger partial charge in [0.15, 0.2) is 0 Å². The second kappa shape index (κ2) is 8.01. The lowest BCUT2D eigenvalue weighted by molar-refractivity contribution is -0.189. The molecule has 4 heteroatoms. The predicted octanol–water partition coefficient (Wildman–Crippen LogP) is 1.34. The molecule has 0 saturated heterocycles. The molecular weight excluding hydrogens is 172 g/mol. The molecule has 78 valence electrons. The van der Waals surface area contributed by atoms with E-state index in [-0.39, 0.29) is 5.97 Å². The molecule has 0 fully saturated rings. The van der Waals surface area contributed by atoms with Gasteiger partial charge in [-0.05, 0) is 13.8 Å². The number of ether oxygens (including phenoxy) is 3. The molecule has 0 aliphatic heterocycles. The monoisotopic (exact) mass is 190 g/mol. The fourth-order valence-electron chi connectivity index (χ4n) is 0.746. The van der Waals surface area contributed by atoms with Crippen molar-refractivity contribution in [2.45, 2.75) is 33.5 Å². The lowest BCUT2D eigenvalue weighted by Gasteiger charge is -2.16. The van der Waals surface area contributed by atoms with Crippen LogP contribution in [0.2, 0.25) is 0 Å². The van der Waals surface area contributed by atoms with Crippen LogP contribution in [0.15, 0.2) is 0 Å². The van der Waals surface area contributed by atoms with E-state index in [1.54, 1.807) is 6.92 Å². The molecule has 4 nitrogen and oxygen atoms in total. The summed E-state index contributed by atoms with van der Waals surface area (Å²) < 4.78 is 15.2. The van der Waals surface area contributed by atoms with Gasteiger partial charge in [0.05, 0.1) is 0 Å². The topological polar surface area (TPSA) is 44.8 Å². The highest BCUT2D eigenvalue weighted by Gasteiger charge is 2.12. The van der Waals surface area contributed by atoms with Gasteiger partial charge in [-0.15, -0.1) is 0 Å². The number of esters is 1. The quantitative estimate of drug-likeness (QED) is 0.449. The SMILES string of the molecule is CCOCC(OCC)OC(=O)CC. The molecule has 0 heterocycles. The van der Waals surface area contributed by atoms with E-state index in [4.69, 9.17) is 14.2 Å². The van der Waals surface area contributed by atoms with Gasteiger partial charge >= 0.3 is 5.97 Å². The van der Waals surface area contributed by atoms with Crippen molar-refractivity contribution in [2.24, 2.45) is 0 Å². The van der Waals surface area contributed by atoms with E-state index in [1.165, 1.54) is 0 Å². The second-order valence-electron chi connectivity index (χ2n) is 2.39. The zero-order chi connectivity index (χ0) is 10.1. The molecule has 0 aliphatic rings. The lowest BCUT2D eigenvalue weighted by Crippen LogP contribution is -2.26. The maximum atomic E-state index is 10.9.